The molecular formula is C14H19N3O3. The van der Waals surface area contributed by atoms with Crippen LogP contribution in [0.4, 0.5) is 10.5 Å². The van der Waals surface area contributed by atoms with Crippen molar-refractivity contribution in [3.63, 3.8) is 0 Å². The molecule has 0 aliphatic carbocycles. The summed E-state index contributed by atoms with van der Waals surface area (Å²) in [5.41, 5.74) is 2.19. The van der Waals surface area contributed by atoms with E-state index in [0.29, 0.717) is 5.56 Å². The molecule has 0 saturated heterocycles. The summed E-state index contributed by atoms with van der Waals surface area (Å²) in [5, 5.41) is 17.5. The van der Waals surface area contributed by atoms with Gasteiger partial charge in [0.2, 0.25) is 0 Å². The molecule has 20 heavy (non-hydrogen) atoms. The molecule has 2 amide bonds. The summed E-state index contributed by atoms with van der Waals surface area (Å²) >= 11 is 0. The molecule has 108 valence electrons. The van der Waals surface area contributed by atoms with Crippen LogP contribution in [-0.4, -0.2) is 30.2 Å². The number of carbonyl (C=O) groups is 2. The van der Waals surface area contributed by atoms with Crippen molar-refractivity contribution in [1.29, 1.82) is 0 Å². The average molecular weight is 277 g/mol. The quantitative estimate of drug-likeness (QED) is 0.663. The SMILES string of the molecule is CNC(=O)c1ccc2c(c1)[C@H](NC(=O)O)[C@@H](C)[C@H](C)N2. The van der Waals surface area contributed by atoms with Gasteiger partial charge >= 0.3 is 6.09 Å². The zero-order chi connectivity index (χ0) is 14.9. The molecule has 1 aliphatic heterocycles. The van der Waals surface area contributed by atoms with Crippen LogP contribution < -0.4 is 16.0 Å². The number of nitrogens with one attached hydrogen (secondary N) is 3. The third kappa shape index (κ3) is 2.54. The predicted molar refractivity (Wildman–Crippen MR) is 76.0 cm³/mol. The summed E-state index contributed by atoms with van der Waals surface area (Å²) in [6.45, 7) is 3.99. The first kappa shape index (κ1) is 14.2. The number of hydrogen-bond acceptors (Lipinski definition) is 3. The highest BCUT2D eigenvalue weighted by Crippen LogP contribution is 2.37. The van der Waals surface area contributed by atoms with Gasteiger partial charge in [-0.3, -0.25) is 4.79 Å². The second kappa shape index (κ2) is 5.40. The Labute approximate surface area is 117 Å². The van der Waals surface area contributed by atoms with E-state index < -0.39 is 6.09 Å². The minimum atomic E-state index is -1.06. The lowest BCUT2D eigenvalue weighted by atomic mass is 9.84. The molecule has 1 aromatic carbocycles. The fourth-order valence-electron chi connectivity index (χ4n) is 2.53. The molecule has 0 radical (unpaired) electrons. The molecule has 0 aromatic heterocycles. The van der Waals surface area contributed by atoms with E-state index in [1.807, 2.05) is 19.9 Å². The summed E-state index contributed by atoms with van der Waals surface area (Å²) in [6.07, 6.45) is -1.06. The number of carboxylic acid groups (broad SMARTS) is 1. The molecule has 0 unspecified atom stereocenters. The van der Waals surface area contributed by atoms with Crippen molar-refractivity contribution < 1.29 is 14.7 Å². The number of rotatable bonds is 2. The van der Waals surface area contributed by atoms with Gasteiger partial charge in [0, 0.05) is 30.3 Å². The van der Waals surface area contributed by atoms with Crippen LogP contribution in [0.15, 0.2) is 18.2 Å². The van der Waals surface area contributed by atoms with Crippen LogP contribution in [0.3, 0.4) is 0 Å². The molecule has 2 rings (SSSR count). The van der Waals surface area contributed by atoms with Crippen molar-refractivity contribution in [2.24, 2.45) is 5.92 Å². The second-order valence-corrected chi connectivity index (χ2v) is 5.10. The summed E-state index contributed by atoms with van der Waals surface area (Å²) in [6, 6.07) is 5.10. The lowest BCUT2D eigenvalue weighted by molar-refractivity contribution is 0.0963. The van der Waals surface area contributed by atoms with E-state index >= 15 is 0 Å². The van der Waals surface area contributed by atoms with Crippen LogP contribution in [0, 0.1) is 5.92 Å². The smallest absolute Gasteiger partial charge is 0.405 e. The molecule has 4 N–H and O–H groups in total. The zero-order valence-electron chi connectivity index (χ0n) is 11.7. The van der Waals surface area contributed by atoms with Crippen molar-refractivity contribution in [2.45, 2.75) is 25.9 Å². The van der Waals surface area contributed by atoms with Gasteiger partial charge in [0.05, 0.1) is 6.04 Å². The van der Waals surface area contributed by atoms with Crippen molar-refractivity contribution in [2.75, 3.05) is 12.4 Å². The van der Waals surface area contributed by atoms with Gasteiger partial charge in [0.15, 0.2) is 0 Å². The third-order valence-electron chi connectivity index (χ3n) is 3.85. The van der Waals surface area contributed by atoms with Crippen molar-refractivity contribution in [3.05, 3.63) is 29.3 Å². The van der Waals surface area contributed by atoms with E-state index in [0.717, 1.165) is 11.3 Å². The van der Waals surface area contributed by atoms with Gasteiger partial charge in [-0.1, -0.05) is 6.92 Å². The van der Waals surface area contributed by atoms with Crippen LogP contribution in [0.1, 0.15) is 35.8 Å². The molecule has 0 saturated carbocycles. The van der Waals surface area contributed by atoms with Gasteiger partial charge in [0.1, 0.15) is 0 Å². The molecule has 1 aromatic rings. The molecule has 0 fully saturated rings. The maximum Gasteiger partial charge on any atom is 0.405 e. The first-order chi connectivity index (χ1) is 9.43. The Hall–Kier alpha value is -2.24. The van der Waals surface area contributed by atoms with Crippen molar-refractivity contribution in [1.82, 2.24) is 10.6 Å². The molecular weight excluding hydrogens is 258 g/mol. The van der Waals surface area contributed by atoms with E-state index in [2.05, 4.69) is 16.0 Å². The van der Waals surface area contributed by atoms with Gasteiger partial charge in [-0.15, -0.1) is 0 Å². The maximum absolute atomic E-state index is 11.7. The van der Waals surface area contributed by atoms with Crippen LogP contribution in [0.5, 0.6) is 0 Å². The minimum absolute atomic E-state index is 0.0820. The van der Waals surface area contributed by atoms with E-state index in [4.69, 9.17) is 5.11 Å². The Balaban J connectivity index is 2.45. The van der Waals surface area contributed by atoms with Gasteiger partial charge in [-0.05, 0) is 30.7 Å². The zero-order valence-corrected chi connectivity index (χ0v) is 11.7. The van der Waals surface area contributed by atoms with Crippen LogP contribution in [-0.2, 0) is 0 Å². The van der Waals surface area contributed by atoms with Gasteiger partial charge in [0.25, 0.3) is 5.91 Å². The predicted octanol–water partition coefficient (Wildman–Crippen LogP) is 1.80. The number of carbonyl (C=O) groups excluding carboxylic acids is 1. The third-order valence-corrected chi connectivity index (χ3v) is 3.85. The highest BCUT2D eigenvalue weighted by Gasteiger charge is 2.32. The van der Waals surface area contributed by atoms with Gasteiger partial charge < -0.3 is 21.1 Å². The maximum atomic E-state index is 11.7. The van der Waals surface area contributed by atoms with Crippen LogP contribution in [0.2, 0.25) is 0 Å². The van der Waals surface area contributed by atoms with Gasteiger partial charge in [-0.2, -0.15) is 0 Å². The lowest BCUT2D eigenvalue weighted by Gasteiger charge is -2.37. The first-order valence-corrected chi connectivity index (χ1v) is 6.56. The van der Waals surface area contributed by atoms with E-state index in [1.165, 1.54) is 0 Å². The Morgan fingerprint density at radius 1 is 1.30 bits per heavy atom. The molecule has 6 heteroatoms. The fourth-order valence-corrected chi connectivity index (χ4v) is 2.53. The number of amides is 2. The Kier molecular flexibility index (Phi) is 3.83. The molecule has 1 heterocycles. The van der Waals surface area contributed by atoms with Crippen molar-refractivity contribution in [3.8, 4) is 0 Å². The molecule has 3 atom stereocenters. The average Bonchev–Trinajstić information content (AvgIpc) is 2.42. The summed E-state index contributed by atoms with van der Waals surface area (Å²) < 4.78 is 0. The van der Waals surface area contributed by atoms with E-state index in [-0.39, 0.29) is 23.9 Å². The Morgan fingerprint density at radius 2 is 2.00 bits per heavy atom. The first-order valence-electron chi connectivity index (χ1n) is 6.56. The molecule has 1 aliphatic rings. The number of hydrogen-bond donors (Lipinski definition) is 4. The van der Waals surface area contributed by atoms with Crippen LogP contribution >= 0.6 is 0 Å². The van der Waals surface area contributed by atoms with E-state index in [1.54, 1.807) is 19.2 Å². The summed E-state index contributed by atoms with van der Waals surface area (Å²) in [7, 11) is 1.57. The topological polar surface area (TPSA) is 90.5 Å². The normalized spacial score (nSPS) is 24.2. The van der Waals surface area contributed by atoms with Crippen molar-refractivity contribution >= 4 is 17.7 Å². The standard InChI is InChI=1S/C14H19N3O3/c1-7-8(2)16-11-5-4-9(13(18)15-3)6-10(11)12(7)17-14(19)20/h4-8,12,16-17H,1-3H3,(H,15,18)(H,19,20)/t7-,8-,12+/m0/s1. The number of fused-ring (bicyclic) bond motifs is 1. The Bertz CT molecular complexity index is 544. The van der Waals surface area contributed by atoms with E-state index in [9.17, 15) is 9.59 Å². The second-order valence-electron chi connectivity index (χ2n) is 5.10. The monoisotopic (exact) mass is 277 g/mol. The minimum Gasteiger partial charge on any atom is -0.465 e. The fraction of sp³-hybridized carbons (Fsp3) is 0.429. The summed E-state index contributed by atoms with van der Waals surface area (Å²) in [4.78, 5) is 22.7. The largest absolute Gasteiger partial charge is 0.465 e. The Morgan fingerprint density at radius 3 is 2.60 bits per heavy atom. The summed E-state index contributed by atoms with van der Waals surface area (Å²) in [5.74, 6) is -0.105. The molecule has 0 spiro atoms. The van der Waals surface area contributed by atoms with Gasteiger partial charge in [-0.25, -0.2) is 4.79 Å². The number of benzene rings is 1. The highest BCUT2D eigenvalue weighted by molar-refractivity contribution is 5.94. The lowest BCUT2D eigenvalue weighted by Crippen LogP contribution is -2.42. The highest BCUT2D eigenvalue weighted by atomic mass is 16.4. The van der Waals surface area contributed by atoms with Crippen LogP contribution in [0.25, 0.3) is 0 Å². The molecule has 6 nitrogen and oxygen atoms in total. The number of anilines is 1. The molecule has 0 bridgehead atoms.